The van der Waals surface area contributed by atoms with Gasteiger partial charge in [-0.05, 0) is 37.1 Å². The minimum atomic E-state index is -0.367. The maximum atomic E-state index is 11.9. The fraction of sp³-hybridized carbons (Fsp3) is 0.429. The summed E-state index contributed by atoms with van der Waals surface area (Å²) in [5.41, 5.74) is 0.626. The van der Waals surface area contributed by atoms with E-state index in [-0.39, 0.29) is 17.9 Å². The number of benzene rings is 1. The van der Waals surface area contributed by atoms with Gasteiger partial charge in [0.2, 0.25) is 0 Å². The molecule has 0 amide bonds. The van der Waals surface area contributed by atoms with Crippen molar-refractivity contribution in [1.29, 1.82) is 0 Å². The monoisotopic (exact) mass is 248 g/mol. The first-order chi connectivity index (χ1) is 8.65. The molecule has 1 aromatic rings. The molecule has 0 radical (unpaired) electrons. The van der Waals surface area contributed by atoms with Crippen molar-refractivity contribution in [3.05, 3.63) is 29.8 Å². The van der Waals surface area contributed by atoms with Gasteiger partial charge in [-0.25, -0.2) is 0 Å². The van der Waals surface area contributed by atoms with E-state index >= 15 is 0 Å². The van der Waals surface area contributed by atoms with Crippen molar-refractivity contribution in [2.75, 3.05) is 6.61 Å². The van der Waals surface area contributed by atoms with Gasteiger partial charge in [0.15, 0.2) is 5.78 Å². The Labute approximate surface area is 106 Å². The van der Waals surface area contributed by atoms with E-state index in [1.807, 2.05) is 0 Å². The maximum absolute atomic E-state index is 11.9. The normalized spacial score (nSPS) is 18.6. The van der Waals surface area contributed by atoms with Gasteiger partial charge in [-0.1, -0.05) is 0 Å². The summed E-state index contributed by atoms with van der Waals surface area (Å²) < 4.78 is 10.3. The second kappa shape index (κ2) is 5.78. The van der Waals surface area contributed by atoms with Gasteiger partial charge in [0.05, 0.1) is 6.10 Å². The van der Waals surface area contributed by atoms with Gasteiger partial charge in [0.25, 0.3) is 0 Å². The molecule has 1 saturated heterocycles. The number of hydrogen-bond donors (Lipinski definition) is 0. The molecule has 0 saturated carbocycles. The van der Waals surface area contributed by atoms with Crippen LogP contribution in [0.4, 0.5) is 0 Å². The lowest BCUT2D eigenvalue weighted by Crippen LogP contribution is -2.12. The molecule has 1 unspecified atom stereocenters. The fourth-order valence-electron chi connectivity index (χ4n) is 2.00. The van der Waals surface area contributed by atoms with Crippen LogP contribution in [0.5, 0.6) is 5.75 Å². The van der Waals surface area contributed by atoms with Gasteiger partial charge < -0.3 is 9.47 Å². The van der Waals surface area contributed by atoms with E-state index in [0.29, 0.717) is 17.7 Å². The molecule has 0 aliphatic carbocycles. The Hall–Kier alpha value is -1.68. The molecule has 0 spiro atoms. The van der Waals surface area contributed by atoms with Crippen molar-refractivity contribution in [2.24, 2.45) is 0 Å². The molecule has 0 N–H and O–H groups in total. The molecule has 1 atom stereocenters. The predicted molar refractivity (Wildman–Crippen MR) is 65.7 cm³/mol. The average molecular weight is 248 g/mol. The standard InChI is InChI=1S/C14H16O4/c1-10(15)18-12-6-4-11(5-7-12)14(16)9-13-3-2-8-17-13/h4-7,13H,2-3,8-9H2,1H3. The third-order valence-electron chi connectivity index (χ3n) is 2.87. The molecule has 1 aromatic carbocycles. The SMILES string of the molecule is CC(=O)Oc1ccc(C(=O)CC2CCCO2)cc1. The summed E-state index contributed by atoms with van der Waals surface area (Å²) in [5, 5.41) is 0. The zero-order chi connectivity index (χ0) is 13.0. The van der Waals surface area contributed by atoms with Crippen molar-refractivity contribution < 1.29 is 19.1 Å². The summed E-state index contributed by atoms with van der Waals surface area (Å²) in [4.78, 5) is 22.7. The van der Waals surface area contributed by atoms with E-state index in [9.17, 15) is 9.59 Å². The first-order valence-electron chi connectivity index (χ1n) is 6.08. The number of esters is 1. The van der Waals surface area contributed by atoms with Gasteiger partial charge >= 0.3 is 5.97 Å². The van der Waals surface area contributed by atoms with Gasteiger partial charge in [-0.3, -0.25) is 9.59 Å². The molecule has 1 fully saturated rings. The first-order valence-corrected chi connectivity index (χ1v) is 6.08. The van der Waals surface area contributed by atoms with Crippen molar-refractivity contribution >= 4 is 11.8 Å². The Bertz CT molecular complexity index is 430. The van der Waals surface area contributed by atoms with Crippen LogP contribution in [0.15, 0.2) is 24.3 Å². The van der Waals surface area contributed by atoms with E-state index in [1.54, 1.807) is 24.3 Å². The lowest BCUT2D eigenvalue weighted by atomic mass is 10.0. The summed E-state index contributed by atoms with van der Waals surface area (Å²) >= 11 is 0. The summed E-state index contributed by atoms with van der Waals surface area (Å²) in [6.45, 7) is 2.10. The smallest absolute Gasteiger partial charge is 0.308 e. The molecular formula is C14H16O4. The molecule has 0 bridgehead atoms. The molecule has 1 aliphatic rings. The van der Waals surface area contributed by atoms with E-state index in [2.05, 4.69) is 0 Å². The van der Waals surface area contributed by atoms with E-state index < -0.39 is 0 Å². The molecule has 1 heterocycles. The Morgan fingerprint density at radius 1 is 1.33 bits per heavy atom. The molecule has 1 aliphatic heterocycles. The molecule has 0 aromatic heterocycles. The van der Waals surface area contributed by atoms with Crippen molar-refractivity contribution in [3.63, 3.8) is 0 Å². The zero-order valence-corrected chi connectivity index (χ0v) is 10.3. The molecule has 4 heteroatoms. The molecule has 96 valence electrons. The highest BCUT2D eigenvalue weighted by Gasteiger charge is 2.19. The summed E-state index contributed by atoms with van der Waals surface area (Å²) in [6.07, 6.45) is 2.47. The van der Waals surface area contributed by atoms with E-state index in [1.165, 1.54) is 6.92 Å². The fourth-order valence-corrected chi connectivity index (χ4v) is 2.00. The number of carbonyl (C=O) groups excluding carboxylic acids is 2. The quantitative estimate of drug-likeness (QED) is 0.466. The molecule has 2 rings (SSSR count). The number of hydrogen-bond acceptors (Lipinski definition) is 4. The van der Waals surface area contributed by atoms with Crippen LogP contribution >= 0.6 is 0 Å². The third kappa shape index (κ3) is 3.40. The lowest BCUT2D eigenvalue weighted by molar-refractivity contribution is -0.131. The Morgan fingerprint density at radius 2 is 2.06 bits per heavy atom. The minimum absolute atomic E-state index is 0.0608. The zero-order valence-electron chi connectivity index (χ0n) is 10.3. The van der Waals surface area contributed by atoms with Gasteiger partial charge in [-0.2, -0.15) is 0 Å². The van der Waals surface area contributed by atoms with Gasteiger partial charge in [0.1, 0.15) is 5.75 Å². The number of ether oxygens (including phenoxy) is 2. The lowest BCUT2D eigenvalue weighted by Gasteiger charge is -2.08. The Morgan fingerprint density at radius 3 is 2.61 bits per heavy atom. The van der Waals surface area contributed by atoms with Crippen LogP contribution in [0, 0.1) is 0 Å². The van der Waals surface area contributed by atoms with E-state index in [0.717, 1.165) is 19.4 Å². The van der Waals surface area contributed by atoms with Crippen LogP contribution in [0.1, 0.15) is 36.5 Å². The van der Waals surface area contributed by atoms with Crippen LogP contribution < -0.4 is 4.74 Å². The van der Waals surface area contributed by atoms with Crippen LogP contribution in [0.25, 0.3) is 0 Å². The molecule has 18 heavy (non-hydrogen) atoms. The van der Waals surface area contributed by atoms with Gasteiger partial charge in [-0.15, -0.1) is 0 Å². The summed E-state index contributed by atoms with van der Waals surface area (Å²) in [7, 11) is 0. The second-order valence-corrected chi connectivity index (χ2v) is 4.38. The van der Waals surface area contributed by atoms with Crippen LogP contribution in [-0.2, 0) is 9.53 Å². The largest absolute Gasteiger partial charge is 0.427 e. The first kappa shape index (κ1) is 12.8. The summed E-state index contributed by atoms with van der Waals surface area (Å²) in [6, 6.07) is 6.61. The number of Topliss-reactive ketones (excluding diaryl/α,β-unsaturated/α-hetero) is 1. The topological polar surface area (TPSA) is 52.6 Å². The van der Waals surface area contributed by atoms with Crippen LogP contribution in [-0.4, -0.2) is 24.5 Å². The number of rotatable bonds is 4. The third-order valence-corrected chi connectivity index (χ3v) is 2.87. The van der Waals surface area contributed by atoms with Crippen LogP contribution in [0.3, 0.4) is 0 Å². The molecular weight excluding hydrogens is 232 g/mol. The van der Waals surface area contributed by atoms with Crippen molar-refractivity contribution in [1.82, 2.24) is 0 Å². The van der Waals surface area contributed by atoms with Crippen LogP contribution in [0.2, 0.25) is 0 Å². The van der Waals surface area contributed by atoms with Crippen molar-refractivity contribution in [2.45, 2.75) is 32.3 Å². The second-order valence-electron chi connectivity index (χ2n) is 4.38. The molecule has 4 nitrogen and oxygen atoms in total. The van der Waals surface area contributed by atoms with Gasteiger partial charge in [0, 0.05) is 25.5 Å². The summed E-state index contributed by atoms with van der Waals surface area (Å²) in [5.74, 6) is 0.154. The Balaban J connectivity index is 1.95. The maximum Gasteiger partial charge on any atom is 0.308 e. The highest BCUT2D eigenvalue weighted by atomic mass is 16.5. The number of ketones is 1. The highest BCUT2D eigenvalue weighted by molar-refractivity contribution is 5.96. The minimum Gasteiger partial charge on any atom is -0.427 e. The van der Waals surface area contributed by atoms with E-state index in [4.69, 9.17) is 9.47 Å². The highest BCUT2D eigenvalue weighted by Crippen LogP contribution is 2.19. The Kier molecular flexibility index (Phi) is 4.10. The number of carbonyl (C=O) groups is 2. The predicted octanol–water partition coefficient (Wildman–Crippen LogP) is 2.36. The average Bonchev–Trinajstić information content (AvgIpc) is 2.82. The van der Waals surface area contributed by atoms with Crippen molar-refractivity contribution in [3.8, 4) is 5.75 Å².